The molecular formula is C21H21N5O2S. The fourth-order valence-corrected chi connectivity index (χ4v) is 3.49. The van der Waals surface area contributed by atoms with Gasteiger partial charge in [0, 0.05) is 35.8 Å². The van der Waals surface area contributed by atoms with Gasteiger partial charge in [-0.3, -0.25) is 19.1 Å². The van der Waals surface area contributed by atoms with E-state index >= 15 is 0 Å². The number of rotatable bonds is 8. The zero-order valence-electron chi connectivity index (χ0n) is 16.2. The smallest absolute Gasteiger partial charge is 0.237 e. The fraction of sp³-hybridized carbons (Fsp3) is 0.190. The van der Waals surface area contributed by atoms with Crippen molar-refractivity contribution in [3.05, 3.63) is 67.0 Å². The van der Waals surface area contributed by atoms with Gasteiger partial charge in [-0.1, -0.05) is 17.8 Å². The number of benzene rings is 1. The van der Waals surface area contributed by atoms with Crippen molar-refractivity contribution in [2.24, 2.45) is 0 Å². The lowest BCUT2D eigenvalue weighted by atomic mass is 10.1. The molecule has 1 amide bonds. The van der Waals surface area contributed by atoms with Gasteiger partial charge >= 0.3 is 0 Å². The SMILES string of the molecule is C=CCn1c(S[C@@H](C)C(=O)Nc2ccc(C(C)=O)cc2)nnc1-c1ccncc1. The lowest BCUT2D eigenvalue weighted by Gasteiger charge is -2.13. The maximum absolute atomic E-state index is 12.6. The molecule has 0 aliphatic heterocycles. The predicted octanol–water partition coefficient (Wildman–Crippen LogP) is 3.85. The van der Waals surface area contributed by atoms with Gasteiger partial charge < -0.3 is 5.32 Å². The second-order valence-corrected chi connectivity index (χ2v) is 7.63. The molecule has 1 aromatic carbocycles. The average Bonchev–Trinajstić information content (AvgIpc) is 3.11. The van der Waals surface area contributed by atoms with Crippen LogP contribution in [0.2, 0.25) is 0 Å². The standard InChI is InChI=1S/C21H21N5O2S/c1-4-13-26-19(17-9-11-22-12-10-17)24-25-21(26)29-15(3)20(28)23-18-7-5-16(6-8-18)14(2)27/h4-12,15H,1,13H2,2-3H3,(H,23,28)/t15-/m0/s1. The van der Waals surface area contributed by atoms with E-state index in [2.05, 4.69) is 27.1 Å². The van der Waals surface area contributed by atoms with Crippen molar-refractivity contribution in [2.45, 2.75) is 30.8 Å². The van der Waals surface area contributed by atoms with Crippen LogP contribution in [-0.2, 0) is 11.3 Å². The molecule has 7 nitrogen and oxygen atoms in total. The quantitative estimate of drug-likeness (QED) is 0.347. The molecule has 0 radical (unpaired) electrons. The van der Waals surface area contributed by atoms with Crippen molar-refractivity contribution in [1.29, 1.82) is 0 Å². The van der Waals surface area contributed by atoms with Gasteiger partial charge in [0.1, 0.15) is 0 Å². The zero-order valence-corrected chi connectivity index (χ0v) is 17.0. The zero-order chi connectivity index (χ0) is 20.8. The molecular weight excluding hydrogens is 386 g/mol. The van der Waals surface area contributed by atoms with Crippen molar-refractivity contribution < 1.29 is 9.59 Å². The number of allylic oxidation sites excluding steroid dienone is 1. The molecule has 1 atom stereocenters. The van der Waals surface area contributed by atoms with Crippen LogP contribution in [0.5, 0.6) is 0 Å². The van der Waals surface area contributed by atoms with E-state index in [4.69, 9.17) is 0 Å². The summed E-state index contributed by atoms with van der Waals surface area (Å²) in [6.45, 7) is 7.64. The molecule has 2 heterocycles. The van der Waals surface area contributed by atoms with Crippen molar-refractivity contribution in [1.82, 2.24) is 19.7 Å². The van der Waals surface area contributed by atoms with E-state index < -0.39 is 5.25 Å². The molecule has 0 aliphatic carbocycles. The molecule has 2 aromatic heterocycles. The number of carbonyl (C=O) groups is 2. The van der Waals surface area contributed by atoms with E-state index in [1.54, 1.807) is 42.7 Å². The van der Waals surface area contributed by atoms with Gasteiger partial charge in [0.05, 0.1) is 5.25 Å². The number of hydrogen-bond acceptors (Lipinski definition) is 6. The summed E-state index contributed by atoms with van der Waals surface area (Å²) in [6, 6.07) is 10.5. The highest BCUT2D eigenvalue weighted by Crippen LogP contribution is 2.27. The normalized spacial score (nSPS) is 11.7. The predicted molar refractivity (Wildman–Crippen MR) is 114 cm³/mol. The summed E-state index contributed by atoms with van der Waals surface area (Å²) in [5, 5.41) is 11.6. The number of aromatic nitrogens is 4. The summed E-state index contributed by atoms with van der Waals surface area (Å²) in [5.74, 6) is 0.518. The third kappa shape index (κ3) is 4.97. The van der Waals surface area contributed by atoms with Crippen molar-refractivity contribution in [2.75, 3.05) is 5.32 Å². The molecule has 3 rings (SSSR count). The van der Waals surface area contributed by atoms with Crippen molar-refractivity contribution in [3.63, 3.8) is 0 Å². The number of amides is 1. The molecule has 0 spiro atoms. The van der Waals surface area contributed by atoms with E-state index in [9.17, 15) is 9.59 Å². The van der Waals surface area contributed by atoms with Gasteiger partial charge in [0.25, 0.3) is 0 Å². The second kappa shape index (κ2) is 9.29. The van der Waals surface area contributed by atoms with Crippen molar-refractivity contribution >= 4 is 29.1 Å². The maximum atomic E-state index is 12.6. The van der Waals surface area contributed by atoms with E-state index in [-0.39, 0.29) is 11.7 Å². The van der Waals surface area contributed by atoms with Gasteiger partial charge in [-0.05, 0) is 50.2 Å². The molecule has 0 fully saturated rings. The Morgan fingerprint density at radius 1 is 1.17 bits per heavy atom. The van der Waals surface area contributed by atoms with E-state index in [1.807, 2.05) is 23.6 Å². The van der Waals surface area contributed by atoms with Gasteiger partial charge in [-0.25, -0.2) is 0 Å². The monoisotopic (exact) mass is 407 g/mol. The molecule has 0 aliphatic rings. The molecule has 3 aromatic rings. The summed E-state index contributed by atoms with van der Waals surface area (Å²) < 4.78 is 1.92. The van der Waals surface area contributed by atoms with Crippen LogP contribution in [-0.4, -0.2) is 36.7 Å². The number of Topliss-reactive ketones (excluding diaryl/α,β-unsaturated/α-hetero) is 1. The van der Waals surface area contributed by atoms with Crippen LogP contribution in [0.1, 0.15) is 24.2 Å². The van der Waals surface area contributed by atoms with Crippen LogP contribution >= 0.6 is 11.8 Å². The molecule has 0 saturated carbocycles. The Labute approximate surface area is 173 Å². The number of hydrogen-bond donors (Lipinski definition) is 1. The molecule has 29 heavy (non-hydrogen) atoms. The molecule has 0 unspecified atom stereocenters. The van der Waals surface area contributed by atoms with Crippen LogP contribution in [0, 0.1) is 0 Å². The molecule has 148 valence electrons. The first-order valence-electron chi connectivity index (χ1n) is 9.02. The number of thioether (sulfide) groups is 1. The minimum atomic E-state index is -0.402. The lowest BCUT2D eigenvalue weighted by molar-refractivity contribution is -0.115. The summed E-state index contributed by atoms with van der Waals surface area (Å²) in [4.78, 5) is 28.0. The second-order valence-electron chi connectivity index (χ2n) is 6.32. The largest absolute Gasteiger partial charge is 0.325 e. The average molecular weight is 407 g/mol. The highest BCUT2D eigenvalue weighted by Gasteiger charge is 2.20. The van der Waals surface area contributed by atoms with Gasteiger partial charge in [-0.2, -0.15) is 0 Å². The number of ketones is 1. The Balaban J connectivity index is 1.73. The number of nitrogens with one attached hydrogen (secondary N) is 1. The maximum Gasteiger partial charge on any atom is 0.237 e. The third-order valence-corrected chi connectivity index (χ3v) is 5.26. The van der Waals surface area contributed by atoms with Crippen LogP contribution in [0.4, 0.5) is 5.69 Å². The number of nitrogens with zero attached hydrogens (tertiary/aromatic N) is 4. The summed E-state index contributed by atoms with van der Waals surface area (Å²) in [7, 11) is 0. The van der Waals surface area contributed by atoms with E-state index in [0.717, 1.165) is 5.56 Å². The number of pyridine rings is 1. The van der Waals surface area contributed by atoms with Gasteiger partial charge in [0.2, 0.25) is 5.91 Å². The lowest BCUT2D eigenvalue weighted by Crippen LogP contribution is -2.23. The Hall–Kier alpha value is -3.26. The van der Waals surface area contributed by atoms with Crippen LogP contribution in [0.3, 0.4) is 0 Å². The summed E-state index contributed by atoms with van der Waals surface area (Å²) >= 11 is 1.32. The first-order valence-corrected chi connectivity index (χ1v) is 9.90. The minimum absolute atomic E-state index is 0.0154. The first kappa shape index (κ1) is 20.5. The van der Waals surface area contributed by atoms with Crippen molar-refractivity contribution in [3.8, 4) is 11.4 Å². The third-order valence-electron chi connectivity index (χ3n) is 4.18. The first-order chi connectivity index (χ1) is 14.0. The Morgan fingerprint density at radius 3 is 2.48 bits per heavy atom. The molecule has 0 saturated heterocycles. The highest BCUT2D eigenvalue weighted by molar-refractivity contribution is 8.00. The summed E-state index contributed by atoms with van der Waals surface area (Å²) in [5.41, 5.74) is 2.13. The van der Waals surface area contributed by atoms with E-state index in [0.29, 0.717) is 28.8 Å². The van der Waals surface area contributed by atoms with Gasteiger partial charge in [0.15, 0.2) is 16.8 Å². The van der Waals surface area contributed by atoms with E-state index in [1.165, 1.54) is 18.7 Å². The summed E-state index contributed by atoms with van der Waals surface area (Å²) in [6.07, 6.45) is 5.16. The fourth-order valence-electron chi connectivity index (χ4n) is 2.63. The Kier molecular flexibility index (Phi) is 6.56. The Morgan fingerprint density at radius 2 is 1.86 bits per heavy atom. The van der Waals surface area contributed by atoms with Crippen LogP contribution in [0.25, 0.3) is 11.4 Å². The number of carbonyl (C=O) groups excluding carboxylic acids is 2. The van der Waals surface area contributed by atoms with Crippen LogP contribution in [0.15, 0.2) is 66.6 Å². The topological polar surface area (TPSA) is 89.8 Å². The Bertz CT molecular complexity index is 1020. The minimum Gasteiger partial charge on any atom is -0.325 e. The molecule has 1 N–H and O–H groups in total. The molecule has 8 heteroatoms. The highest BCUT2D eigenvalue weighted by atomic mass is 32.2. The van der Waals surface area contributed by atoms with Gasteiger partial charge in [-0.15, -0.1) is 16.8 Å². The number of anilines is 1. The molecule has 0 bridgehead atoms. The van der Waals surface area contributed by atoms with Crippen LogP contribution < -0.4 is 5.32 Å².